The maximum absolute atomic E-state index is 13.1. The van der Waals surface area contributed by atoms with E-state index in [1.54, 1.807) is 18.1 Å². The van der Waals surface area contributed by atoms with Crippen LogP contribution in [0.4, 0.5) is 18.9 Å². The van der Waals surface area contributed by atoms with Gasteiger partial charge in [0.25, 0.3) is 0 Å². The van der Waals surface area contributed by atoms with Gasteiger partial charge in [-0.15, -0.1) is 0 Å². The summed E-state index contributed by atoms with van der Waals surface area (Å²) in [6, 6.07) is 5.66. The molecule has 3 rings (SSSR count). The summed E-state index contributed by atoms with van der Waals surface area (Å²) in [4.78, 5) is 15.7. The molecule has 1 fully saturated rings. The van der Waals surface area contributed by atoms with Crippen LogP contribution < -0.4 is 4.90 Å². The Kier molecular flexibility index (Phi) is 6.96. The topological polar surface area (TPSA) is 50.6 Å². The molecule has 2 heterocycles. The molecule has 0 bridgehead atoms. The van der Waals surface area contributed by atoms with Crippen molar-refractivity contribution in [3.05, 3.63) is 45.2 Å². The lowest BCUT2D eigenvalue weighted by atomic mass is 10.1. The number of aromatic nitrogens is 2. The van der Waals surface area contributed by atoms with Gasteiger partial charge in [0.2, 0.25) is 0 Å². The third-order valence-electron chi connectivity index (χ3n) is 5.10. The molecular formula is C19H21Cl2F3N4O2. The largest absolute Gasteiger partial charge is 0.436 e. The van der Waals surface area contributed by atoms with Crippen molar-refractivity contribution < 1.29 is 22.7 Å². The van der Waals surface area contributed by atoms with Gasteiger partial charge in [-0.1, -0.05) is 23.2 Å². The Bertz CT molecular complexity index is 912. The Hall–Kier alpha value is -1.81. The van der Waals surface area contributed by atoms with Crippen molar-refractivity contribution in [3.63, 3.8) is 0 Å². The summed E-state index contributed by atoms with van der Waals surface area (Å²) in [6.07, 6.45) is -5.06. The number of benzene rings is 1. The highest BCUT2D eigenvalue weighted by Crippen LogP contribution is 2.36. The molecule has 0 aliphatic carbocycles. The summed E-state index contributed by atoms with van der Waals surface area (Å²) >= 11 is 12.0. The minimum absolute atomic E-state index is 0.102. The highest BCUT2D eigenvalue weighted by Gasteiger charge is 2.39. The zero-order chi connectivity index (χ0) is 22.1. The van der Waals surface area contributed by atoms with E-state index in [1.165, 1.54) is 6.92 Å². The van der Waals surface area contributed by atoms with Crippen molar-refractivity contribution in [2.24, 2.45) is 0 Å². The van der Waals surface area contributed by atoms with Crippen LogP contribution in [0.5, 0.6) is 0 Å². The van der Waals surface area contributed by atoms with Gasteiger partial charge in [0.1, 0.15) is 0 Å². The Morgan fingerprint density at radius 3 is 2.43 bits per heavy atom. The van der Waals surface area contributed by atoms with Gasteiger partial charge in [0.05, 0.1) is 17.3 Å². The molecule has 30 heavy (non-hydrogen) atoms. The molecule has 0 saturated carbocycles. The molecule has 6 nitrogen and oxygen atoms in total. The van der Waals surface area contributed by atoms with Gasteiger partial charge in [0.15, 0.2) is 18.1 Å². The molecule has 1 unspecified atom stereocenters. The van der Waals surface area contributed by atoms with E-state index in [-0.39, 0.29) is 5.69 Å². The van der Waals surface area contributed by atoms with Crippen LogP contribution in [0.2, 0.25) is 10.0 Å². The van der Waals surface area contributed by atoms with Crippen LogP contribution in [0.1, 0.15) is 23.1 Å². The summed E-state index contributed by atoms with van der Waals surface area (Å²) in [5, 5.41) is 3.72. The maximum atomic E-state index is 13.1. The summed E-state index contributed by atoms with van der Waals surface area (Å²) in [5.41, 5.74) is 0.752. The first-order chi connectivity index (χ1) is 14.2. The molecule has 1 aliphatic rings. The number of methoxy groups -OCH3 is 1. The van der Waals surface area contributed by atoms with E-state index in [0.29, 0.717) is 44.1 Å². The Morgan fingerprint density at radius 2 is 1.90 bits per heavy atom. The van der Waals surface area contributed by atoms with Crippen molar-refractivity contribution in [2.75, 3.05) is 38.2 Å². The number of piperazine rings is 1. The quantitative estimate of drug-likeness (QED) is 0.600. The molecular weight excluding hydrogens is 444 g/mol. The van der Waals surface area contributed by atoms with Gasteiger partial charge in [-0.05, 0) is 30.7 Å². The zero-order valence-corrected chi connectivity index (χ0v) is 17.9. The van der Waals surface area contributed by atoms with Gasteiger partial charge >= 0.3 is 6.18 Å². The van der Waals surface area contributed by atoms with Crippen LogP contribution in [-0.2, 0) is 22.3 Å². The van der Waals surface area contributed by atoms with E-state index in [2.05, 4.69) is 10.00 Å². The number of carbonyl (C=O) groups excluding carboxylic acids is 1. The lowest BCUT2D eigenvalue weighted by Crippen LogP contribution is -2.49. The van der Waals surface area contributed by atoms with E-state index >= 15 is 0 Å². The van der Waals surface area contributed by atoms with Crippen LogP contribution >= 0.6 is 23.2 Å². The number of halogens is 5. The number of nitrogens with zero attached hydrogens (tertiary/aromatic N) is 4. The number of ether oxygens (including phenoxy) is 1. The van der Waals surface area contributed by atoms with Crippen molar-refractivity contribution in [2.45, 2.75) is 25.9 Å². The molecule has 1 aromatic carbocycles. The second-order valence-corrected chi connectivity index (χ2v) is 7.76. The molecule has 0 amide bonds. The highest BCUT2D eigenvalue weighted by atomic mass is 35.5. The number of carbonyl (C=O) groups is 1. The number of aldehydes is 1. The second kappa shape index (κ2) is 9.13. The molecule has 1 aliphatic heterocycles. The summed E-state index contributed by atoms with van der Waals surface area (Å²) in [7, 11) is 1.59. The minimum atomic E-state index is -4.69. The molecule has 0 N–H and O–H groups in total. The maximum Gasteiger partial charge on any atom is 0.436 e. The second-order valence-electron chi connectivity index (χ2n) is 6.97. The van der Waals surface area contributed by atoms with Gasteiger partial charge in [-0.2, -0.15) is 18.3 Å². The molecule has 1 atom stereocenters. The molecule has 1 saturated heterocycles. The number of hydrogen-bond donors (Lipinski definition) is 0. The van der Waals surface area contributed by atoms with E-state index in [0.717, 1.165) is 15.9 Å². The van der Waals surface area contributed by atoms with E-state index in [1.807, 2.05) is 12.1 Å². The predicted octanol–water partition coefficient (Wildman–Crippen LogP) is 4.18. The van der Waals surface area contributed by atoms with Crippen molar-refractivity contribution in [1.82, 2.24) is 14.7 Å². The molecule has 1 aromatic heterocycles. The fourth-order valence-electron chi connectivity index (χ4n) is 3.50. The Labute approximate surface area is 182 Å². The fraction of sp³-hybridized carbons (Fsp3) is 0.474. The third-order valence-corrected chi connectivity index (χ3v) is 5.92. The lowest BCUT2D eigenvalue weighted by Gasteiger charge is -2.38. The number of alkyl halides is 3. The number of rotatable bonds is 6. The van der Waals surface area contributed by atoms with Gasteiger partial charge in [-0.3, -0.25) is 9.69 Å². The first-order valence-corrected chi connectivity index (χ1v) is 9.96. The predicted molar refractivity (Wildman–Crippen MR) is 108 cm³/mol. The van der Waals surface area contributed by atoms with E-state index in [4.69, 9.17) is 27.9 Å². The molecule has 11 heteroatoms. The first kappa shape index (κ1) is 22.9. The minimum Gasteiger partial charge on any atom is -0.380 e. The van der Waals surface area contributed by atoms with E-state index in [9.17, 15) is 18.0 Å². The van der Waals surface area contributed by atoms with Crippen LogP contribution in [0.15, 0.2) is 18.2 Å². The SMILES string of the molecule is COCc1cc(N2CCN(C(C=O)n3nc(C(F)(F)F)c(Cl)c3C)CC2)ccc1Cl. The van der Waals surface area contributed by atoms with Crippen molar-refractivity contribution in [3.8, 4) is 0 Å². The zero-order valence-electron chi connectivity index (χ0n) is 16.4. The standard InChI is InChI=1S/C19H21Cl2F3N4O2/c1-12-17(21)18(19(22,23)24)25-28(12)16(10-29)27-7-5-26(6-8-27)14-3-4-15(20)13(9-14)11-30-2/h3-4,9-10,16H,5-8,11H2,1-2H3. The highest BCUT2D eigenvalue weighted by molar-refractivity contribution is 6.32. The summed E-state index contributed by atoms with van der Waals surface area (Å²) in [6.45, 7) is 3.90. The number of anilines is 1. The first-order valence-electron chi connectivity index (χ1n) is 9.20. The van der Waals surface area contributed by atoms with E-state index < -0.39 is 23.1 Å². The third kappa shape index (κ3) is 4.59. The Balaban J connectivity index is 1.76. The molecule has 0 radical (unpaired) electrons. The van der Waals surface area contributed by atoms with Crippen LogP contribution in [0, 0.1) is 6.92 Å². The molecule has 164 valence electrons. The normalized spacial score (nSPS) is 16.7. The summed E-state index contributed by atoms with van der Waals surface area (Å²) < 4.78 is 45.6. The average Bonchev–Trinajstić information content (AvgIpc) is 3.00. The monoisotopic (exact) mass is 464 g/mol. The average molecular weight is 465 g/mol. The van der Waals surface area contributed by atoms with Gasteiger partial charge in [-0.25, -0.2) is 4.68 Å². The summed E-state index contributed by atoms with van der Waals surface area (Å²) in [5.74, 6) is 0. The van der Waals surface area contributed by atoms with Gasteiger partial charge in [0, 0.05) is 44.0 Å². The lowest BCUT2D eigenvalue weighted by molar-refractivity contribution is -0.142. The van der Waals surface area contributed by atoms with Crippen molar-refractivity contribution in [1.29, 1.82) is 0 Å². The fourth-order valence-corrected chi connectivity index (χ4v) is 3.91. The smallest absolute Gasteiger partial charge is 0.380 e. The molecule has 0 spiro atoms. The van der Waals surface area contributed by atoms with Crippen LogP contribution in [0.3, 0.4) is 0 Å². The number of hydrogen-bond acceptors (Lipinski definition) is 5. The van der Waals surface area contributed by atoms with Crippen LogP contribution in [-0.4, -0.2) is 54.3 Å². The van der Waals surface area contributed by atoms with Gasteiger partial charge < -0.3 is 9.64 Å². The molecule has 2 aromatic rings. The van der Waals surface area contributed by atoms with Crippen molar-refractivity contribution >= 4 is 35.2 Å². The van der Waals surface area contributed by atoms with Crippen LogP contribution in [0.25, 0.3) is 0 Å². The Morgan fingerprint density at radius 1 is 1.23 bits per heavy atom.